The quantitative estimate of drug-likeness (QED) is 0.709. The van der Waals surface area contributed by atoms with Crippen molar-refractivity contribution in [3.05, 3.63) is 41.5 Å². The van der Waals surface area contributed by atoms with Crippen LogP contribution in [0, 0.1) is 6.92 Å². The molecule has 1 N–H and O–H groups in total. The highest BCUT2D eigenvalue weighted by atomic mass is 16.5. The molecular formula is C20H21NO4. The number of rotatable bonds is 5. The maximum absolute atomic E-state index is 11.6. The van der Waals surface area contributed by atoms with Gasteiger partial charge < -0.3 is 19.1 Å². The lowest BCUT2D eigenvalue weighted by atomic mass is 10.0. The zero-order valence-electron chi connectivity index (χ0n) is 14.8. The van der Waals surface area contributed by atoms with E-state index in [4.69, 9.17) is 9.47 Å². The fourth-order valence-corrected chi connectivity index (χ4v) is 3.43. The summed E-state index contributed by atoms with van der Waals surface area (Å²) in [6, 6.07) is 9.32. The van der Waals surface area contributed by atoms with E-state index in [1.165, 1.54) is 7.11 Å². The molecule has 3 rings (SSSR count). The van der Waals surface area contributed by atoms with E-state index in [0.29, 0.717) is 23.4 Å². The summed E-state index contributed by atoms with van der Waals surface area (Å²) in [6.07, 6.45) is 0.801. The second-order valence-electron chi connectivity index (χ2n) is 5.80. The third kappa shape index (κ3) is 2.52. The Morgan fingerprint density at radius 2 is 1.84 bits per heavy atom. The van der Waals surface area contributed by atoms with Crippen LogP contribution in [0.3, 0.4) is 0 Å². The normalized spacial score (nSPS) is 10.9. The number of carbonyl (C=O) groups is 1. The first kappa shape index (κ1) is 16.9. The fraction of sp³-hybridized carbons (Fsp3) is 0.250. The molecule has 0 radical (unpaired) electrons. The van der Waals surface area contributed by atoms with Gasteiger partial charge in [-0.15, -0.1) is 0 Å². The first-order valence-corrected chi connectivity index (χ1v) is 8.09. The lowest BCUT2D eigenvalue weighted by molar-refractivity contribution is 0.112. The molecular weight excluding hydrogens is 318 g/mol. The Morgan fingerprint density at radius 3 is 2.36 bits per heavy atom. The van der Waals surface area contributed by atoms with Crippen molar-refractivity contribution in [2.75, 3.05) is 14.2 Å². The lowest BCUT2D eigenvalue weighted by Crippen LogP contribution is -1.98. The zero-order valence-corrected chi connectivity index (χ0v) is 14.8. The predicted octanol–water partition coefficient (Wildman–Crippen LogP) is 4.17. The summed E-state index contributed by atoms with van der Waals surface area (Å²) < 4.78 is 12.5. The Morgan fingerprint density at radius 1 is 1.16 bits per heavy atom. The first-order valence-electron chi connectivity index (χ1n) is 8.09. The number of phenolic OH excluding ortho intramolecular Hbond substituents is 1. The molecule has 130 valence electrons. The Hall–Kier alpha value is -2.95. The molecule has 0 fully saturated rings. The highest BCUT2D eigenvalue weighted by molar-refractivity contribution is 6.06. The van der Waals surface area contributed by atoms with Crippen molar-refractivity contribution in [1.82, 2.24) is 4.57 Å². The van der Waals surface area contributed by atoms with Gasteiger partial charge in [0.15, 0.2) is 17.8 Å². The number of benzene rings is 2. The second kappa shape index (κ2) is 6.51. The molecule has 1 aromatic heterocycles. The molecule has 0 amide bonds. The van der Waals surface area contributed by atoms with Gasteiger partial charge in [-0.3, -0.25) is 4.79 Å². The Labute approximate surface area is 146 Å². The van der Waals surface area contributed by atoms with Crippen molar-refractivity contribution in [2.24, 2.45) is 0 Å². The molecule has 0 unspecified atom stereocenters. The van der Waals surface area contributed by atoms with Crippen molar-refractivity contribution in [2.45, 2.75) is 20.4 Å². The highest BCUT2D eigenvalue weighted by Crippen LogP contribution is 2.43. The van der Waals surface area contributed by atoms with E-state index in [1.54, 1.807) is 13.2 Å². The van der Waals surface area contributed by atoms with Crippen LogP contribution in [0.15, 0.2) is 30.3 Å². The molecule has 3 aromatic rings. The van der Waals surface area contributed by atoms with Crippen LogP contribution in [-0.4, -0.2) is 30.2 Å². The van der Waals surface area contributed by atoms with E-state index in [1.807, 2.05) is 42.7 Å². The van der Waals surface area contributed by atoms with Crippen molar-refractivity contribution < 1.29 is 19.4 Å². The van der Waals surface area contributed by atoms with Gasteiger partial charge in [-0.2, -0.15) is 0 Å². The monoisotopic (exact) mass is 339 g/mol. The van der Waals surface area contributed by atoms with Gasteiger partial charge in [0.05, 0.1) is 25.4 Å². The number of methoxy groups -OCH3 is 2. The average molecular weight is 339 g/mol. The van der Waals surface area contributed by atoms with Gasteiger partial charge in [-0.1, -0.05) is 0 Å². The zero-order chi connectivity index (χ0) is 18.1. The largest absolute Gasteiger partial charge is 0.503 e. The summed E-state index contributed by atoms with van der Waals surface area (Å²) in [5, 5.41) is 11.4. The predicted molar refractivity (Wildman–Crippen MR) is 97.9 cm³/mol. The minimum absolute atomic E-state index is 0.0489. The lowest BCUT2D eigenvalue weighted by Gasteiger charge is -2.12. The summed E-state index contributed by atoms with van der Waals surface area (Å²) in [6.45, 7) is 4.61. The number of phenols is 1. The van der Waals surface area contributed by atoms with Gasteiger partial charge in [0.2, 0.25) is 0 Å². The molecule has 0 aliphatic rings. The first-order chi connectivity index (χ1) is 12.1. The van der Waals surface area contributed by atoms with E-state index in [0.717, 1.165) is 34.2 Å². The molecule has 5 nitrogen and oxygen atoms in total. The van der Waals surface area contributed by atoms with Gasteiger partial charge in [-0.25, -0.2) is 0 Å². The summed E-state index contributed by atoms with van der Waals surface area (Å²) in [5.74, 6) is 1.12. The van der Waals surface area contributed by atoms with E-state index in [2.05, 4.69) is 0 Å². The van der Waals surface area contributed by atoms with E-state index in [-0.39, 0.29) is 5.75 Å². The molecule has 5 heteroatoms. The van der Waals surface area contributed by atoms with Crippen LogP contribution < -0.4 is 9.47 Å². The molecule has 0 saturated carbocycles. The smallest absolute Gasteiger partial charge is 0.182 e. The number of aromatic hydroxyl groups is 1. The Balaban J connectivity index is 2.41. The number of hydrogen-bond acceptors (Lipinski definition) is 4. The number of aryl methyl sites for hydroxylation is 2. The number of hydrogen-bond donors (Lipinski definition) is 1. The highest BCUT2D eigenvalue weighted by Gasteiger charge is 2.23. The van der Waals surface area contributed by atoms with Crippen molar-refractivity contribution in [3.63, 3.8) is 0 Å². The van der Waals surface area contributed by atoms with Crippen molar-refractivity contribution in [3.8, 4) is 28.5 Å². The van der Waals surface area contributed by atoms with Crippen LogP contribution in [0.2, 0.25) is 0 Å². The van der Waals surface area contributed by atoms with Gasteiger partial charge >= 0.3 is 0 Å². The maximum Gasteiger partial charge on any atom is 0.182 e. The third-order valence-electron chi connectivity index (χ3n) is 4.57. The minimum Gasteiger partial charge on any atom is -0.503 e. The number of nitrogens with zero attached hydrogens (tertiary/aromatic N) is 1. The SMILES string of the molecule is CCn1c(-c2ccc(OC)cc2)c(C)c2c(C=O)cc(OC)c(O)c21. The van der Waals surface area contributed by atoms with Gasteiger partial charge in [0, 0.05) is 17.5 Å². The van der Waals surface area contributed by atoms with Crippen LogP contribution in [0.4, 0.5) is 0 Å². The molecule has 0 saturated heterocycles. The summed E-state index contributed by atoms with van der Waals surface area (Å²) in [5.41, 5.74) is 4.02. The molecule has 1 heterocycles. The standard InChI is InChI=1S/C20H21NO4/c1-5-21-18(13-6-8-15(24-3)9-7-13)12(2)17-14(11-22)10-16(25-4)20(23)19(17)21/h6-11,23H,5H2,1-4H3. The molecule has 0 spiro atoms. The molecule has 0 atom stereocenters. The number of aromatic nitrogens is 1. The average Bonchev–Trinajstić information content (AvgIpc) is 2.95. The Kier molecular flexibility index (Phi) is 4.40. The van der Waals surface area contributed by atoms with Gasteiger partial charge in [0.25, 0.3) is 0 Å². The van der Waals surface area contributed by atoms with Gasteiger partial charge in [-0.05, 0) is 55.3 Å². The molecule has 0 aliphatic carbocycles. The van der Waals surface area contributed by atoms with E-state index in [9.17, 15) is 9.90 Å². The van der Waals surface area contributed by atoms with E-state index >= 15 is 0 Å². The third-order valence-corrected chi connectivity index (χ3v) is 4.57. The van der Waals surface area contributed by atoms with Crippen molar-refractivity contribution in [1.29, 1.82) is 0 Å². The fourth-order valence-electron chi connectivity index (χ4n) is 3.43. The van der Waals surface area contributed by atoms with Crippen LogP contribution in [0.25, 0.3) is 22.2 Å². The van der Waals surface area contributed by atoms with E-state index < -0.39 is 0 Å². The number of aldehydes is 1. The molecule has 25 heavy (non-hydrogen) atoms. The number of carbonyl (C=O) groups excluding carboxylic acids is 1. The summed E-state index contributed by atoms with van der Waals surface area (Å²) in [7, 11) is 3.11. The second-order valence-corrected chi connectivity index (χ2v) is 5.80. The van der Waals surface area contributed by atoms with Crippen LogP contribution in [-0.2, 0) is 6.54 Å². The Bertz CT molecular complexity index is 939. The van der Waals surface area contributed by atoms with Crippen LogP contribution in [0.1, 0.15) is 22.8 Å². The minimum atomic E-state index is 0.0489. The molecule has 0 aliphatic heterocycles. The molecule has 2 aromatic carbocycles. The summed E-state index contributed by atoms with van der Waals surface area (Å²) >= 11 is 0. The topological polar surface area (TPSA) is 60.7 Å². The number of ether oxygens (including phenoxy) is 2. The van der Waals surface area contributed by atoms with Crippen LogP contribution in [0.5, 0.6) is 17.2 Å². The van der Waals surface area contributed by atoms with Gasteiger partial charge in [0.1, 0.15) is 5.75 Å². The molecule has 0 bridgehead atoms. The maximum atomic E-state index is 11.6. The number of fused-ring (bicyclic) bond motifs is 1. The van der Waals surface area contributed by atoms with Crippen LogP contribution >= 0.6 is 0 Å². The summed E-state index contributed by atoms with van der Waals surface area (Å²) in [4.78, 5) is 11.6. The van der Waals surface area contributed by atoms with Crippen molar-refractivity contribution >= 4 is 17.2 Å².